The number of halogens is 1. The van der Waals surface area contributed by atoms with E-state index >= 15 is 0 Å². The number of pyridine rings is 1. The summed E-state index contributed by atoms with van der Waals surface area (Å²) < 4.78 is 17.7. The third-order valence-corrected chi connectivity index (χ3v) is 5.74. The highest BCUT2D eigenvalue weighted by molar-refractivity contribution is 6.13. The lowest BCUT2D eigenvalue weighted by atomic mass is 10.1. The normalized spacial score (nSPS) is 15.3. The van der Waals surface area contributed by atoms with E-state index in [0.717, 1.165) is 37.3 Å². The monoisotopic (exact) mass is 451 g/mol. The number of fused-ring (bicyclic) bond motifs is 2. The molecule has 1 unspecified atom stereocenters. The molecule has 1 atom stereocenters. The van der Waals surface area contributed by atoms with Crippen molar-refractivity contribution in [2.24, 2.45) is 0 Å². The van der Waals surface area contributed by atoms with E-state index in [2.05, 4.69) is 25.6 Å². The number of aliphatic hydroxyl groups is 1. The molecular formula is C23H26FN7O2. The molecule has 10 heteroatoms. The van der Waals surface area contributed by atoms with Crippen molar-refractivity contribution in [3.63, 3.8) is 0 Å². The van der Waals surface area contributed by atoms with Crippen molar-refractivity contribution in [1.29, 1.82) is 0 Å². The highest BCUT2D eigenvalue weighted by Crippen LogP contribution is 2.30. The second-order valence-corrected chi connectivity index (χ2v) is 8.48. The fourth-order valence-corrected chi connectivity index (χ4v) is 4.31. The summed E-state index contributed by atoms with van der Waals surface area (Å²) >= 11 is 0. The molecule has 33 heavy (non-hydrogen) atoms. The van der Waals surface area contributed by atoms with Crippen LogP contribution < -0.4 is 15.5 Å². The van der Waals surface area contributed by atoms with Crippen molar-refractivity contribution in [3.8, 4) is 0 Å². The molecule has 1 aliphatic rings. The molecule has 0 spiro atoms. The maximum Gasteiger partial charge on any atom is 0.257 e. The molecule has 1 saturated heterocycles. The third kappa shape index (κ3) is 4.14. The van der Waals surface area contributed by atoms with E-state index < -0.39 is 11.9 Å². The smallest absolute Gasteiger partial charge is 0.257 e. The number of aromatic nitrogens is 4. The van der Waals surface area contributed by atoms with Gasteiger partial charge >= 0.3 is 0 Å². The van der Waals surface area contributed by atoms with Crippen molar-refractivity contribution in [2.75, 3.05) is 36.4 Å². The average Bonchev–Trinajstić information content (AvgIpc) is 3.36. The van der Waals surface area contributed by atoms with E-state index in [0.29, 0.717) is 29.0 Å². The second kappa shape index (κ2) is 8.45. The Morgan fingerprint density at radius 3 is 2.82 bits per heavy atom. The zero-order valence-corrected chi connectivity index (χ0v) is 18.5. The zero-order chi connectivity index (χ0) is 23.1. The lowest BCUT2D eigenvalue weighted by Gasteiger charge is -2.30. The fourth-order valence-electron chi connectivity index (χ4n) is 4.31. The van der Waals surface area contributed by atoms with Gasteiger partial charge in [-0.1, -0.05) is 0 Å². The van der Waals surface area contributed by atoms with Crippen molar-refractivity contribution >= 4 is 33.8 Å². The molecule has 3 N–H and O–H groups in total. The molecule has 5 rings (SSSR count). The van der Waals surface area contributed by atoms with Crippen LogP contribution in [0.3, 0.4) is 0 Å². The Labute approximate surface area is 189 Å². The highest BCUT2D eigenvalue weighted by atomic mass is 19.1. The van der Waals surface area contributed by atoms with E-state index in [1.807, 2.05) is 12.3 Å². The van der Waals surface area contributed by atoms with Gasteiger partial charge in [-0.25, -0.2) is 9.37 Å². The second-order valence-electron chi connectivity index (χ2n) is 8.48. The van der Waals surface area contributed by atoms with Crippen LogP contribution in [0.5, 0.6) is 0 Å². The van der Waals surface area contributed by atoms with Gasteiger partial charge in [-0.15, -0.1) is 0 Å². The summed E-state index contributed by atoms with van der Waals surface area (Å²) in [7, 11) is 0. The number of piperazine rings is 1. The van der Waals surface area contributed by atoms with Crippen LogP contribution >= 0.6 is 0 Å². The number of hydrogen-bond donors (Lipinski definition) is 3. The van der Waals surface area contributed by atoms with Gasteiger partial charge in [0, 0.05) is 61.9 Å². The number of hydrogen-bond acceptors (Lipinski definition) is 6. The Kier molecular flexibility index (Phi) is 5.47. The molecule has 4 heterocycles. The van der Waals surface area contributed by atoms with E-state index in [1.165, 1.54) is 6.07 Å². The quantitative estimate of drug-likeness (QED) is 0.430. The Morgan fingerprint density at radius 1 is 1.27 bits per heavy atom. The number of benzene rings is 1. The number of imidazole rings is 1. The number of aliphatic hydroxyl groups excluding tert-OH is 1. The summed E-state index contributed by atoms with van der Waals surface area (Å²) in [5.74, 6) is -0.897. The average molecular weight is 452 g/mol. The van der Waals surface area contributed by atoms with Gasteiger partial charge in [0.2, 0.25) is 0 Å². The van der Waals surface area contributed by atoms with Crippen molar-refractivity contribution < 1.29 is 14.3 Å². The molecule has 4 aromatic rings. The van der Waals surface area contributed by atoms with Crippen LogP contribution in [0.25, 0.3) is 16.6 Å². The van der Waals surface area contributed by atoms with Gasteiger partial charge in [-0.3, -0.25) is 9.48 Å². The van der Waals surface area contributed by atoms with Crippen LogP contribution in [0.1, 0.15) is 23.0 Å². The molecule has 1 aromatic carbocycles. The van der Waals surface area contributed by atoms with Crippen LogP contribution in [0.2, 0.25) is 0 Å². The van der Waals surface area contributed by atoms with Gasteiger partial charge in [0.05, 0.1) is 29.6 Å². The zero-order valence-electron chi connectivity index (χ0n) is 18.5. The maximum absolute atomic E-state index is 14.5. The van der Waals surface area contributed by atoms with Gasteiger partial charge in [0.25, 0.3) is 5.91 Å². The Balaban J connectivity index is 1.52. The first-order valence-corrected chi connectivity index (χ1v) is 11.0. The number of rotatable bonds is 5. The van der Waals surface area contributed by atoms with Gasteiger partial charge < -0.3 is 25.0 Å². The van der Waals surface area contributed by atoms with Gasteiger partial charge in [-0.05, 0) is 26.0 Å². The van der Waals surface area contributed by atoms with Crippen LogP contribution in [0, 0.1) is 12.7 Å². The number of aryl methyl sites for hydroxylation is 1. The summed E-state index contributed by atoms with van der Waals surface area (Å²) in [5, 5.41) is 21.4. The standard InChI is InChI=1S/C23H26FN7O2/c1-14-10-30-12-16(9-19(24)22(30)26-14)27-23(33)17-3-4-20(29-7-5-25-6-8-29)18-13-31(11-15(2)32)28-21(17)18/h3-4,9-10,12-13,15,25,32H,5-8,11H2,1-2H3,(H,27,33). The third-order valence-electron chi connectivity index (χ3n) is 5.74. The summed E-state index contributed by atoms with van der Waals surface area (Å²) in [5.41, 5.74) is 3.16. The number of nitrogens with one attached hydrogen (secondary N) is 2. The summed E-state index contributed by atoms with van der Waals surface area (Å²) in [4.78, 5) is 19.6. The van der Waals surface area contributed by atoms with Crippen molar-refractivity contribution in [1.82, 2.24) is 24.5 Å². The molecule has 1 aliphatic heterocycles. The Hall–Kier alpha value is -3.50. The molecule has 0 radical (unpaired) electrons. The molecular weight excluding hydrogens is 425 g/mol. The maximum atomic E-state index is 14.5. The van der Waals surface area contributed by atoms with E-state index in [-0.39, 0.29) is 11.6 Å². The number of anilines is 2. The number of carbonyl (C=O) groups is 1. The summed E-state index contributed by atoms with van der Waals surface area (Å²) in [6.45, 7) is 7.27. The Morgan fingerprint density at radius 2 is 2.06 bits per heavy atom. The number of carbonyl (C=O) groups excluding carboxylic acids is 1. The lowest BCUT2D eigenvalue weighted by Crippen LogP contribution is -2.43. The van der Waals surface area contributed by atoms with Gasteiger partial charge in [0.1, 0.15) is 5.52 Å². The molecule has 1 amide bonds. The van der Waals surface area contributed by atoms with Gasteiger partial charge in [0.15, 0.2) is 11.5 Å². The SMILES string of the molecule is Cc1cn2cc(NC(=O)c3ccc(N4CCNCC4)c4cn(CC(C)O)nc34)cc(F)c2n1. The molecule has 0 aliphatic carbocycles. The lowest BCUT2D eigenvalue weighted by molar-refractivity contribution is 0.102. The van der Waals surface area contributed by atoms with E-state index in [4.69, 9.17) is 0 Å². The first-order chi connectivity index (χ1) is 15.9. The molecule has 1 fully saturated rings. The van der Waals surface area contributed by atoms with Crippen LogP contribution in [-0.4, -0.2) is 62.5 Å². The highest BCUT2D eigenvalue weighted by Gasteiger charge is 2.21. The largest absolute Gasteiger partial charge is 0.391 e. The number of nitrogens with zero attached hydrogens (tertiary/aromatic N) is 5. The minimum absolute atomic E-state index is 0.213. The molecule has 3 aromatic heterocycles. The molecule has 9 nitrogen and oxygen atoms in total. The first-order valence-electron chi connectivity index (χ1n) is 11.0. The predicted octanol–water partition coefficient (Wildman–Crippen LogP) is 2.17. The molecule has 0 saturated carbocycles. The van der Waals surface area contributed by atoms with Crippen LogP contribution in [0.4, 0.5) is 15.8 Å². The molecule has 172 valence electrons. The summed E-state index contributed by atoms with van der Waals surface area (Å²) in [6.07, 6.45) is 4.63. The van der Waals surface area contributed by atoms with E-state index in [9.17, 15) is 14.3 Å². The predicted molar refractivity (Wildman–Crippen MR) is 124 cm³/mol. The summed E-state index contributed by atoms with van der Waals surface area (Å²) in [6, 6.07) is 4.95. The molecule has 0 bridgehead atoms. The first kappa shape index (κ1) is 21.4. The van der Waals surface area contributed by atoms with E-state index in [1.54, 1.807) is 41.4 Å². The number of amides is 1. The van der Waals surface area contributed by atoms with Crippen molar-refractivity contribution in [3.05, 3.63) is 53.9 Å². The van der Waals surface area contributed by atoms with Crippen LogP contribution in [-0.2, 0) is 6.54 Å². The minimum atomic E-state index is -0.576. The fraction of sp³-hybridized carbons (Fsp3) is 0.348. The van der Waals surface area contributed by atoms with Crippen molar-refractivity contribution in [2.45, 2.75) is 26.5 Å². The minimum Gasteiger partial charge on any atom is -0.391 e. The van der Waals surface area contributed by atoms with Crippen LogP contribution in [0.15, 0.2) is 36.8 Å². The topological polar surface area (TPSA) is 99.7 Å². The Bertz CT molecular complexity index is 1340. The van der Waals surface area contributed by atoms with Gasteiger partial charge in [-0.2, -0.15) is 5.10 Å².